The zero-order chi connectivity index (χ0) is 18.6. The summed E-state index contributed by atoms with van der Waals surface area (Å²) < 4.78 is 0. The van der Waals surface area contributed by atoms with Crippen LogP contribution in [0.4, 0.5) is 0 Å². The second-order valence-corrected chi connectivity index (χ2v) is 3.27. The lowest BCUT2D eigenvalue weighted by Crippen LogP contribution is -2.54. The molecule has 0 amide bonds. The predicted octanol–water partition coefficient (Wildman–Crippen LogP) is -1.86. The fourth-order valence-corrected chi connectivity index (χ4v) is 0.204. The fourth-order valence-electron chi connectivity index (χ4n) is 0.204. The molecule has 0 rings (SSSR count). The van der Waals surface area contributed by atoms with Crippen LogP contribution >= 0.6 is 0 Å². The molecule has 12 heteroatoms. The van der Waals surface area contributed by atoms with Crippen LogP contribution in [0.15, 0.2) is 5.28 Å². The molecule has 0 saturated heterocycles. The van der Waals surface area contributed by atoms with Gasteiger partial charge in [-0.15, -0.1) is 0 Å². The molecule has 0 bridgehead atoms. The molecule has 13 N–H and O–H groups in total. The van der Waals surface area contributed by atoms with Crippen molar-refractivity contribution in [3.05, 3.63) is 15.3 Å². The Kier molecular flexibility index (Phi) is 74.4. The molecule has 0 spiro atoms. The van der Waals surface area contributed by atoms with Crippen LogP contribution in [0.5, 0.6) is 0 Å². The van der Waals surface area contributed by atoms with Crippen LogP contribution in [0.2, 0.25) is 0 Å². The van der Waals surface area contributed by atoms with Crippen LogP contribution in [-0.2, 0) is 0 Å². The first-order valence-electron chi connectivity index (χ1n) is 6.89. The van der Waals surface area contributed by atoms with Crippen molar-refractivity contribution >= 4 is 0 Å². The maximum atomic E-state index is 9.87. The highest BCUT2D eigenvalue weighted by Crippen LogP contribution is 1.62. The number of nitrogens with two attached hydrogens (primary N) is 4. The molecular formula is C10H35N9O3. The normalized spacial score (nSPS) is 8.41. The lowest BCUT2D eigenvalue weighted by atomic mass is 10.5. The van der Waals surface area contributed by atoms with E-state index in [0.717, 1.165) is 25.9 Å². The van der Waals surface area contributed by atoms with E-state index in [1.165, 1.54) is 0 Å². The number of nitroso groups, excluding NO2 is 1. The summed E-state index contributed by atoms with van der Waals surface area (Å²) in [6.07, 6.45) is 2.19. The van der Waals surface area contributed by atoms with E-state index in [9.17, 15) is 10.4 Å². The van der Waals surface area contributed by atoms with Crippen LogP contribution in [0, 0.1) is 20.9 Å². The molecule has 0 heterocycles. The molecule has 138 valence electrons. The van der Waals surface area contributed by atoms with E-state index >= 15 is 0 Å². The Bertz CT molecular complexity index is 160. The summed E-state index contributed by atoms with van der Waals surface area (Å²) in [5.41, 5.74) is 29.9. The van der Waals surface area contributed by atoms with E-state index in [4.69, 9.17) is 27.8 Å². The Labute approximate surface area is 132 Å². The number of nitrogens with zero attached hydrogens (tertiary/aromatic N) is 2. The number of hydrogen-bond acceptors (Lipinski definition) is 9. The van der Waals surface area contributed by atoms with Gasteiger partial charge in [-0.1, -0.05) is 19.4 Å². The van der Waals surface area contributed by atoms with Crippen molar-refractivity contribution in [2.24, 2.45) is 28.2 Å². The Balaban J connectivity index is -0.0000000595. The molecule has 12 nitrogen and oxygen atoms in total. The number of hydrazine groups is 1. The van der Waals surface area contributed by atoms with Gasteiger partial charge in [0.05, 0.1) is 6.54 Å². The third-order valence-corrected chi connectivity index (χ3v) is 1.24. The smallest absolute Gasteiger partial charge is 0.123 e. The minimum absolute atomic E-state index is 0.134. The molecule has 0 unspecified atom stereocenters. The highest BCUT2D eigenvalue weighted by molar-refractivity contribution is 4.26. The lowest BCUT2D eigenvalue weighted by Gasteiger charge is -1.99. The second kappa shape index (κ2) is 50.5. The van der Waals surface area contributed by atoms with Crippen LogP contribution < -0.4 is 34.1 Å². The van der Waals surface area contributed by atoms with Gasteiger partial charge in [0.1, 0.15) is 6.54 Å². The molecule has 0 aliphatic rings. The molecule has 0 radical (unpaired) electrons. The van der Waals surface area contributed by atoms with Gasteiger partial charge in [-0.3, -0.25) is 0 Å². The summed E-state index contributed by atoms with van der Waals surface area (Å²) >= 11 is 0. The van der Waals surface area contributed by atoms with Gasteiger partial charge < -0.3 is 39.1 Å². The lowest BCUT2D eigenvalue weighted by molar-refractivity contribution is -0.590. The molecule has 0 saturated carbocycles. The third kappa shape index (κ3) is 102. The van der Waals surface area contributed by atoms with Gasteiger partial charge in [-0.05, 0) is 31.2 Å². The fraction of sp³-hybridized carbons (Fsp3) is 1.00. The first kappa shape index (κ1) is 32.4. The van der Waals surface area contributed by atoms with Gasteiger partial charge in [-0.25, -0.2) is 0 Å². The van der Waals surface area contributed by atoms with E-state index in [2.05, 4.69) is 30.6 Å². The number of hydrogen-bond donors (Lipinski definition) is 7. The monoisotopic (exact) mass is 329 g/mol. The third-order valence-electron chi connectivity index (χ3n) is 1.24. The molecule has 0 aliphatic carbocycles. The summed E-state index contributed by atoms with van der Waals surface area (Å²) in [7, 11) is 0. The standard InChI is InChI=1S/2C3H9N.C2H8N4O2.C2H8N2.HNO/c2*1-2-3-4;3-1-2-4-6(8)5-7;3-1-2-4;1-2/h2*2-4H2,1H3;7H,1-3H2,(H,4,5);1-4H2;1H. The molecule has 0 aromatic rings. The molecule has 0 aliphatic heterocycles. The first-order valence-corrected chi connectivity index (χ1v) is 6.89. The van der Waals surface area contributed by atoms with Gasteiger partial charge in [0.25, 0.3) is 0 Å². The molecule has 0 fully saturated rings. The maximum absolute atomic E-state index is 9.87. The number of nitrogens with one attached hydrogen (secondary N) is 2. The van der Waals surface area contributed by atoms with Crippen molar-refractivity contribution in [1.82, 2.24) is 5.43 Å². The highest BCUT2D eigenvalue weighted by Gasteiger charge is 1.85. The van der Waals surface area contributed by atoms with Gasteiger partial charge in [0, 0.05) is 18.1 Å². The van der Waals surface area contributed by atoms with E-state index < -0.39 is 0 Å². The second-order valence-electron chi connectivity index (χ2n) is 3.27. The van der Waals surface area contributed by atoms with E-state index in [1.807, 2.05) is 5.28 Å². The Hall–Kier alpha value is -1.60. The Morgan fingerprint density at radius 3 is 1.50 bits per heavy atom. The Morgan fingerprint density at radius 2 is 1.36 bits per heavy atom. The molecule has 0 aromatic heterocycles. The van der Waals surface area contributed by atoms with Gasteiger partial charge >= 0.3 is 0 Å². The number of rotatable bonds is 6. The average molecular weight is 329 g/mol. The highest BCUT2D eigenvalue weighted by atomic mass is 16.6. The summed E-state index contributed by atoms with van der Waals surface area (Å²) in [5.74, 6) is 0. The topological polar surface area (TPSA) is 246 Å². The summed E-state index contributed by atoms with van der Waals surface area (Å²) in [6.45, 7) is 7.86. The minimum atomic E-state index is -0.134. The molecule has 0 aromatic carbocycles. The summed E-state index contributed by atoms with van der Waals surface area (Å²) in [6, 6.07) is 0. The largest absolute Gasteiger partial charge is 0.737 e. The van der Waals surface area contributed by atoms with E-state index in [1.54, 1.807) is 0 Å². The Morgan fingerprint density at radius 1 is 1.05 bits per heavy atom. The summed E-state index contributed by atoms with van der Waals surface area (Å²) in [4.78, 5) is 7.37. The quantitative estimate of drug-likeness (QED) is 0.125. The predicted molar refractivity (Wildman–Crippen MR) is 88.1 cm³/mol. The van der Waals surface area contributed by atoms with Crippen LogP contribution in [-0.4, -0.2) is 44.2 Å². The van der Waals surface area contributed by atoms with Crippen molar-refractivity contribution in [3.63, 3.8) is 0 Å². The SMILES string of the molecule is CCCN.CCCN.N=O.NCCN.[NH3+]CCN[N+]([O-])=N[O-]. The van der Waals surface area contributed by atoms with Crippen molar-refractivity contribution in [2.75, 3.05) is 39.3 Å². The number of quaternary nitrogens is 1. The van der Waals surface area contributed by atoms with Gasteiger partial charge in [-0.2, -0.15) is 10.3 Å². The molecule has 0 atom stereocenters. The van der Waals surface area contributed by atoms with Crippen LogP contribution in [0.1, 0.15) is 26.7 Å². The van der Waals surface area contributed by atoms with Gasteiger partial charge in [0.15, 0.2) is 0 Å². The first-order chi connectivity index (χ1) is 10.6. The molecular weight excluding hydrogens is 294 g/mol. The minimum Gasteiger partial charge on any atom is -0.737 e. The maximum Gasteiger partial charge on any atom is 0.123 e. The van der Waals surface area contributed by atoms with Crippen LogP contribution in [0.3, 0.4) is 0 Å². The van der Waals surface area contributed by atoms with Gasteiger partial charge in [0.2, 0.25) is 0 Å². The van der Waals surface area contributed by atoms with Crippen molar-refractivity contribution in [3.8, 4) is 0 Å². The van der Waals surface area contributed by atoms with Crippen molar-refractivity contribution < 1.29 is 10.7 Å². The summed E-state index contributed by atoms with van der Waals surface area (Å²) in [5, 5.41) is 21.2. The zero-order valence-corrected chi connectivity index (χ0v) is 13.8. The van der Waals surface area contributed by atoms with Crippen LogP contribution in [0.25, 0.3) is 0 Å². The average Bonchev–Trinajstić information content (AvgIpc) is 2.61. The van der Waals surface area contributed by atoms with E-state index in [0.29, 0.717) is 26.2 Å². The molecule has 22 heavy (non-hydrogen) atoms. The zero-order valence-electron chi connectivity index (χ0n) is 13.8. The van der Waals surface area contributed by atoms with Crippen molar-refractivity contribution in [1.29, 1.82) is 5.59 Å². The van der Waals surface area contributed by atoms with E-state index in [-0.39, 0.29) is 4.97 Å². The van der Waals surface area contributed by atoms with Crippen molar-refractivity contribution in [2.45, 2.75) is 26.7 Å².